The average molecular weight is 306 g/mol. The molecule has 1 aromatic rings. The second kappa shape index (κ2) is 6.73. The summed E-state index contributed by atoms with van der Waals surface area (Å²) in [4.78, 5) is 17.0. The first-order chi connectivity index (χ1) is 10.6. The summed E-state index contributed by atoms with van der Waals surface area (Å²) in [5.41, 5.74) is 0. The molecule has 0 aromatic carbocycles. The maximum atomic E-state index is 12.6. The van der Waals surface area contributed by atoms with Crippen molar-refractivity contribution in [3.63, 3.8) is 0 Å². The van der Waals surface area contributed by atoms with Gasteiger partial charge in [-0.1, -0.05) is 0 Å². The van der Waals surface area contributed by atoms with Crippen LogP contribution in [0.3, 0.4) is 0 Å². The number of nitrogens with zero attached hydrogens (tertiary/aromatic N) is 6. The summed E-state index contributed by atoms with van der Waals surface area (Å²) in [6, 6.07) is 0.261. The van der Waals surface area contributed by atoms with E-state index >= 15 is 0 Å². The molecule has 3 rings (SSSR count). The quantitative estimate of drug-likeness (QED) is 0.833. The molecule has 1 amide bonds. The van der Waals surface area contributed by atoms with Crippen LogP contribution in [0.2, 0.25) is 0 Å². The third kappa shape index (κ3) is 3.29. The van der Waals surface area contributed by atoms with E-state index in [0.29, 0.717) is 5.91 Å². The minimum Gasteiger partial charge on any atom is -0.342 e. The minimum atomic E-state index is 0.148. The molecule has 2 aliphatic rings. The van der Waals surface area contributed by atoms with Crippen LogP contribution in [0.25, 0.3) is 0 Å². The van der Waals surface area contributed by atoms with Crippen LogP contribution in [0, 0.1) is 5.92 Å². The summed E-state index contributed by atoms with van der Waals surface area (Å²) in [5, 5.41) is 12.0. The fraction of sp³-hybridized carbons (Fsp3) is 0.867. The van der Waals surface area contributed by atoms with Gasteiger partial charge < -0.3 is 4.90 Å². The Bertz CT molecular complexity index is 508. The van der Waals surface area contributed by atoms with E-state index in [9.17, 15) is 4.79 Å². The molecule has 0 saturated carbocycles. The van der Waals surface area contributed by atoms with Crippen LogP contribution in [-0.4, -0.2) is 62.1 Å². The summed E-state index contributed by atoms with van der Waals surface area (Å²) in [6.45, 7) is 8.64. The Morgan fingerprint density at radius 2 is 2.00 bits per heavy atom. The molecule has 22 heavy (non-hydrogen) atoms. The predicted octanol–water partition coefficient (Wildman–Crippen LogP) is 1.09. The van der Waals surface area contributed by atoms with Crippen LogP contribution >= 0.6 is 0 Å². The van der Waals surface area contributed by atoms with Crippen molar-refractivity contribution in [2.45, 2.75) is 52.1 Å². The zero-order chi connectivity index (χ0) is 15.5. The number of hydrogen-bond acceptors (Lipinski definition) is 5. The molecule has 7 nitrogen and oxygen atoms in total. The SMILES string of the molecule is CC(C)n1nnnc1CN1CCCC(C(=O)N2CCCC2)C1. The Morgan fingerprint density at radius 3 is 2.73 bits per heavy atom. The number of carbonyl (C=O) groups is 1. The van der Waals surface area contributed by atoms with Gasteiger partial charge in [0.25, 0.3) is 0 Å². The van der Waals surface area contributed by atoms with Gasteiger partial charge in [0.15, 0.2) is 5.82 Å². The zero-order valence-electron chi connectivity index (χ0n) is 13.6. The van der Waals surface area contributed by atoms with E-state index in [2.05, 4.69) is 34.3 Å². The lowest BCUT2D eigenvalue weighted by atomic mass is 9.96. The first-order valence-corrected chi connectivity index (χ1v) is 8.43. The van der Waals surface area contributed by atoms with Crippen LogP contribution in [0.4, 0.5) is 0 Å². The number of amides is 1. The van der Waals surface area contributed by atoms with E-state index in [4.69, 9.17) is 0 Å². The highest BCUT2D eigenvalue weighted by molar-refractivity contribution is 5.79. The van der Waals surface area contributed by atoms with Gasteiger partial charge in [-0.25, -0.2) is 4.68 Å². The molecule has 2 saturated heterocycles. The fourth-order valence-electron chi connectivity index (χ4n) is 3.51. The van der Waals surface area contributed by atoms with Gasteiger partial charge in [-0.15, -0.1) is 5.10 Å². The molecular weight excluding hydrogens is 280 g/mol. The molecule has 122 valence electrons. The van der Waals surface area contributed by atoms with Crippen LogP contribution in [0.15, 0.2) is 0 Å². The van der Waals surface area contributed by atoms with Gasteiger partial charge in [-0.2, -0.15) is 0 Å². The monoisotopic (exact) mass is 306 g/mol. The van der Waals surface area contributed by atoms with Gasteiger partial charge in [0.05, 0.1) is 18.5 Å². The Labute approximate surface area is 131 Å². The lowest BCUT2D eigenvalue weighted by Gasteiger charge is -2.33. The van der Waals surface area contributed by atoms with Gasteiger partial charge >= 0.3 is 0 Å². The summed E-state index contributed by atoms with van der Waals surface area (Å²) >= 11 is 0. The normalized spacial score (nSPS) is 23.4. The highest BCUT2D eigenvalue weighted by atomic mass is 16.2. The molecule has 3 heterocycles. The number of carbonyl (C=O) groups excluding carboxylic acids is 1. The van der Waals surface area contributed by atoms with Gasteiger partial charge in [-0.05, 0) is 56.5 Å². The summed E-state index contributed by atoms with van der Waals surface area (Å²) < 4.78 is 1.87. The first-order valence-electron chi connectivity index (χ1n) is 8.43. The molecule has 2 aliphatic heterocycles. The minimum absolute atomic E-state index is 0.148. The summed E-state index contributed by atoms with van der Waals surface area (Å²) in [6.07, 6.45) is 4.41. The third-order valence-corrected chi connectivity index (χ3v) is 4.69. The van der Waals surface area contributed by atoms with Gasteiger partial charge in [-0.3, -0.25) is 9.69 Å². The zero-order valence-corrected chi connectivity index (χ0v) is 13.6. The van der Waals surface area contributed by atoms with E-state index in [0.717, 1.165) is 64.2 Å². The van der Waals surface area contributed by atoms with E-state index in [1.54, 1.807) is 0 Å². The highest BCUT2D eigenvalue weighted by Gasteiger charge is 2.31. The predicted molar refractivity (Wildman–Crippen MR) is 82.0 cm³/mol. The van der Waals surface area contributed by atoms with Crippen molar-refractivity contribution in [2.24, 2.45) is 5.92 Å². The second-order valence-corrected chi connectivity index (χ2v) is 6.74. The molecule has 0 aliphatic carbocycles. The molecule has 1 aromatic heterocycles. The molecule has 0 spiro atoms. The number of aromatic nitrogens is 4. The number of hydrogen-bond donors (Lipinski definition) is 0. The standard InChI is InChI=1S/C15H26N6O/c1-12(2)21-14(16-17-18-21)11-19-7-5-6-13(10-19)15(22)20-8-3-4-9-20/h12-13H,3-11H2,1-2H3. The maximum absolute atomic E-state index is 12.6. The molecule has 0 bridgehead atoms. The number of rotatable bonds is 4. The van der Waals surface area contributed by atoms with Gasteiger partial charge in [0.2, 0.25) is 5.91 Å². The third-order valence-electron chi connectivity index (χ3n) is 4.69. The molecule has 0 radical (unpaired) electrons. The lowest BCUT2D eigenvalue weighted by Crippen LogP contribution is -2.44. The average Bonchev–Trinajstić information content (AvgIpc) is 3.18. The van der Waals surface area contributed by atoms with Crippen molar-refractivity contribution in [3.8, 4) is 0 Å². The topological polar surface area (TPSA) is 67.2 Å². The summed E-state index contributed by atoms with van der Waals surface area (Å²) in [7, 11) is 0. The van der Waals surface area contributed by atoms with Crippen molar-refractivity contribution in [1.82, 2.24) is 30.0 Å². The van der Waals surface area contributed by atoms with Crippen LogP contribution in [-0.2, 0) is 11.3 Å². The Kier molecular flexibility index (Phi) is 4.71. The van der Waals surface area contributed by atoms with Crippen molar-refractivity contribution < 1.29 is 4.79 Å². The molecular formula is C15H26N6O. The van der Waals surface area contributed by atoms with Crippen molar-refractivity contribution in [2.75, 3.05) is 26.2 Å². The number of piperidine rings is 1. The van der Waals surface area contributed by atoms with Crippen molar-refractivity contribution in [1.29, 1.82) is 0 Å². The molecule has 0 N–H and O–H groups in total. The van der Waals surface area contributed by atoms with Crippen molar-refractivity contribution in [3.05, 3.63) is 5.82 Å². The molecule has 7 heteroatoms. The Balaban J connectivity index is 1.60. The lowest BCUT2D eigenvalue weighted by molar-refractivity contribution is -0.136. The van der Waals surface area contributed by atoms with E-state index in [1.807, 2.05) is 9.58 Å². The van der Waals surface area contributed by atoms with E-state index in [-0.39, 0.29) is 12.0 Å². The van der Waals surface area contributed by atoms with Crippen LogP contribution < -0.4 is 0 Å². The second-order valence-electron chi connectivity index (χ2n) is 6.74. The van der Waals surface area contributed by atoms with E-state index in [1.165, 1.54) is 0 Å². The van der Waals surface area contributed by atoms with Crippen molar-refractivity contribution >= 4 is 5.91 Å². The Hall–Kier alpha value is -1.50. The molecule has 2 fully saturated rings. The van der Waals surface area contributed by atoms with Crippen LogP contribution in [0.1, 0.15) is 51.4 Å². The largest absolute Gasteiger partial charge is 0.342 e. The first kappa shape index (κ1) is 15.4. The molecule has 1 unspecified atom stereocenters. The van der Waals surface area contributed by atoms with Gasteiger partial charge in [0, 0.05) is 19.6 Å². The fourth-order valence-corrected chi connectivity index (χ4v) is 3.51. The maximum Gasteiger partial charge on any atom is 0.226 e. The van der Waals surface area contributed by atoms with Gasteiger partial charge in [0.1, 0.15) is 0 Å². The number of likely N-dealkylation sites (tertiary alicyclic amines) is 2. The smallest absolute Gasteiger partial charge is 0.226 e. The highest BCUT2D eigenvalue weighted by Crippen LogP contribution is 2.22. The van der Waals surface area contributed by atoms with Crippen LogP contribution in [0.5, 0.6) is 0 Å². The molecule has 1 atom stereocenters. The summed E-state index contributed by atoms with van der Waals surface area (Å²) in [5.74, 6) is 1.39. The van der Waals surface area contributed by atoms with E-state index < -0.39 is 0 Å². The Morgan fingerprint density at radius 1 is 1.23 bits per heavy atom. The number of tetrazole rings is 1.